The highest BCUT2D eigenvalue weighted by Crippen LogP contribution is 2.10. The maximum atomic E-state index is 11.7. The van der Waals surface area contributed by atoms with Gasteiger partial charge in [0, 0.05) is 6.08 Å². The van der Waals surface area contributed by atoms with Crippen molar-refractivity contribution >= 4 is 35.2 Å². The summed E-state index contributed by atoms with van der Waals surface area (Å²) in [5, 5.41) is 2.35. The van der Waals surface area contributed by atoms with Gasteiger partial charge in [0.2, 0.25) is 5.91 Å². The van der Waals surface area contributed by atoms with Gasteiger partial charge in [-0.05, 0) is 56.4 Å². The minimum atomic E-state index is -0.457. The first kappa shape index (κ1) is 19.2. The molecule has 0 spiro atoms. The fraction of sp³-hybridized carbons (Fsp3) is 0.167. The molecule has 0 aliphatic heterocycles. The number of amides is 2. The van der Waals surface area contributed by atoms with E-state index in [1.165, 1.54) is 12.2 Å². The SMILES string of the molecule is Cc1ccc(OCC(=O)NNC(=S)NC(=O)C=Cc2ccc(C)o2)cc1. The monoisotopic (exact) mass is 373 g/mol. The van der Waals surface area contributed by atoms with Crippen LogP contribution < -0.4 is 20.9 Å². The first-order valence-corrected chi connectivity index (χ1v) is 8.17. The Labute approximate surface area is 156 Å². The summed E-state index contributed by atoms with van der Waals surface area (Å²) in [6.45, 7) is 3.58. The molecule has 0 radical (unpaired) electrons. The van der Waals surface area contributed by atoms with E-state index in [4.69, 9.17) is 21.4 Å². The molecule has 0 bridgehead atoms. The number of rotatable bonds is 5. The van der Waals surface area contributed by atoms with E-state index >= 15 is 0 Å². The van der Waals surface area contributed by atoms with Crippen molar-refractivity contribution in [3.8, 4) is 5.75 Å². The molecule has 8 heteroatoms. The van der Waals surface area contributed by atoms with E-state index < -0.39 is 11.8 Å². The molecule has 0 saturated heterocycles. The summed E-state index contributed by atoms with van der Waals surface area (Å²) in [7, 11) is 0. The Morgan fingerprint density at radius 2 is 1.85 bits per heavy atom. The molecular formula is C18H19N3O4S. The van der Waals surface area contributed by atoms with Crippen molar-refractivity contribution in [2.45, 2.75) is 13.8 Å². The van der Waals surface area contributed by atoms with Gasteiger partial charge >= 0.3 is 0 Å². The lowest BCUT2D eigenvalue weighted by atomic mass is 10.2. The molecule has 1 aromatic heterocycles. The molecule has 3 N–H and O–H groups in total. The van der Waals surface area contributed by atoms with Crippen LogP contribution in [0.4, 0.5) is 0 Å². The standard InChI is InChI=1S/C18H19N3O4S/c1-12-3-6-14(7-4-12)24-11-17(23)20-21-18(26)19-16(22)10-9-15-8-5-13(2)25-15/h3-10H,11H2,1-2H3,(H,20,23)(H2,19,21,22,26). The highest BCUT2D eigenvalue weighted by molar-refractivity contribution is 7.80. The molecular weight excluding hydrogens is 354 g/mol. The average molecular weight is 373 g/mol. The Morgan fingerprint density at radius 3 is 2.50 bits per heavy atom. The predicted molar refractivity (Wildman–Crippen MR) is 101 cm³/mol. The lowest BCUT2D eigenvalue weighted by Gasteiger charge is -2.10. The van der Waals surface area contributed by atoms with Crippen molar-refractivity contribution in [2.24, 2.45) is 0 Å². The van der Waals surface area contributed by atoms with Crippen molar-refractivity contribution in [3.05, 3.63) is 59.6 Å². The van der Waals surface area contributed by atoms with Gasteiger partial charge in [-0.25, -0.2) is 0 Å². The van der Waals surface area contributed by atoms with Gasteiger partial charge < -0.3 is 9.15 Å². The van der Waals surface area contributed by atoms with E-state index in [9.17, 15) is 9.59 Å². The number of hydrazine groups is 1. The number of hydrogen-bond donors (Lipinski definition) is 3. The van der Waals surface area contributed by atoms with Crippen LogP contribution in [0.5, 0.6) is 5.75 Å². The van der Waals surface area contributed by atoms with Gasteiger partial charge in [0.15, 0.2) is 11.7 Å². The number of thiocarbonyl (C=S) groups is 1. The minimum absolute atomic E-state index is 0.0426. The number of carbonyl (C=O) groups excluding carboxylic acids is 2. The summed E-state index contributed by atoms with van der Waals surface area (Å²) in [6.07, 6.45) is 2.79. The summed E-state index contributed by atoms with van der Waals surface area (Å²) in [4.78, 5) is 23.4. The predicted octanol–water partition coefficient (Wildman–Crippen LogP) is 2.01. The second kappa shape index (κ2) is 9.38. The van der Waals surface area contributed by atoms with Crippen LogP contribution in [0.15, 0.2) is 46.9 Å². The van der Waals surface area contributed by atoms with Gasteiger partial charge in [0.25, 0.3) is 5.91 Å². The summed E-state index contributed by atoms with van der Waals surface area (Å²) in [5.41, 5.74) is 5.86. The van der Waals surface area contributed by atoms with E-state index in [1.54, 1.807) is 24.3 Å². The van der Waals surface area contributed by atoms with Gasteiger partial charge in [0.1, 0.15) is 17.3 Å². The van der Waals surface area contributed by atoms with Crippen LogP contribution in [0.1, 0.15) is 17.1 Å². The number of hydrogen-bond acceptors (Lipinski definition) is 5. The third-order valence-electron chi connectivity index (χ3n) is 3.10. The quantitative estimate of drug-likeness (QED) is 0.422. The maximum Gasteiger partial charge on any atom is 0.276 e. The van der Waals surface area contributed by atoms with E-state index in [0.717, 1.165) is 11.3 Å². The van der Waals surface area contributed by atoms with E-state index in [2.05, 4.69) is 16.2 Å². The fourth-order valence-electron chi connectivity index (χ4n) is 1.83. The third kappa shape index (κ3) is 6.78. The molecule has 0 aliphatic rings. The number of nitrogens with one attached hydrogen (secondary N) is 3. The number of aryl methyl sites for hydroxylation is 2. The van der Waals surface area contributed by atoms with E-state index in [-0.39, 0.29) is 11.7 Å². The van der Waals surface area contributed by atoms with Gasteiger partial charge in [-0.3, -0.25) is 25.8 Å². The summed E-state index contributed by atoms with van der Waals surface area (Å²) in [5.74, 6) is 0.987. The fourth-order valence-corrected chi connectivity index (χ4v) is 1.98. The molecule has 7 nitrogen and oxygen atoms in total. The zero-order chi connectivity index (χ0) is 18.9. The molecule has 1 heterocycles. The summed E-state index contributed by atoms with van der Waals surface area (Å²) in [6, 6.07) is 10.8. The molecule has 26 heavy (non-hydrogen) atoms. The molecule has 0 aliphatic carbocycles. The third-order valence-corrected chi connectivity index (χ3v) is 3.31. The molecule has 2 rings (SSSR count). The number of ether oxygens (including phenoxy) is 1. The zero-order valence-corrected chi connectivity index (χ0v) is 15.2. The van der Waals surface area contributed by atoms with Gasteiger partial charge in [-0.15, -0.1) is 0 Å². The smallest absolute Gasteiger partial charge is 0.276 e. The van der Waals surface area contributed by atoms with Crippen molar-refractivity contribution in [1.82, 2.24) is 16.2 Å². The Morgan fingerprint density at radius 1 is 1.12 bits per heavy atom. The second-order valence-corrected chi connectivity index (χ2v) is 5.78. The topological polar surface area (TPSA) is 92.6 Å². The first-order valence-electron chi connectivity index (χ1n) is 7.76. The number of carbonyl (C=O) groups is 2. The van der Waals surface area contributed by atoms with Gasteiger partial charge in [-0.1, -0.05) is 17.7 Å². The molecule has 0 unspecified atom stereocenters. The molecule has 2 aromatic rings. The first-order chi connectivity index (χ1) is 12.4. The largest absolute Gasteiger partial charge is 0.484 e. The zero-order valence-electron chi connectivity index (χ0n) is 14.4. The Bertz CT molecular complexity index is 812. The number of benzene rings is 1. The minimum Gasteiger partial charge on any atom is -0.484 e. The highest BCUT2D eigenvalue weighted by Gasteiger charge is 2.05. The van der Waals surface area contributed by atoms with E-state index in [0.29, 0.717) is 11.5 Å². The molecule has 136 valence electrons. The van der Waals surface area contributed by atoms with Crippen molar-refractivity contribution in [2.75, 3.05) is 6.61 Å². The molecule has 1 aromatic carbocycles. The lowest BCUT2D eigenvalue weighted by molar-refractivity contribution is -0.123. The van der Waals surface area contributed by atoms with Crippen LogP contribution in [0.25, 0.3) is 6.08 Å². The normalized spacial score (nSPS) is 10.4. The van der Waals surface area contributed by atoms with Crippen molar-refractivity contribution < 1.29 is 18.7 Å². The Balaban J connectivity index is 1.67. The van der Waals surface area contributed by atoms with Crippen LogP contribution in [0.2, 0.25) is 0 Å². The van der Waals surface area contributed by atoms with Gasteiger partial charge in [-0.2, -0.15) is 0 Å². The molecule has 2 amide bonds. The van der Waals surface area contributed by atoms with E-state index in [1.807, 2.05) is 26.0 Å². The Hall–Kier alpha value is -3.13. The molecule has 0 saturated carbocycles. The molecule has 0 atom stereocenters. The lowest BCUT2D eigenvalue weighted by Crippen LogP contribution is -2.49. The van der Waals surface area contributed by atoms with Gasteiger partial charge in [0.05, 0.1) is 0 Å². The maximum absolute atomic E-state index is 11.7. The average Bonchev–Trinajstić information content (AvgIpc) is 3.03. The summed E-state index contributed by atoms with van der Waals surface area (Å²) >= 11 is 4.92. The highest BCUT2D eigenvalue weighted by atomic mass is 32.1. The van der Waals surface area contributed by atoms with Crippen LogP contribution in [0, 0.1) is 13.8 Å². The Kier molecular flexibility index (Phi) is 6.92. The van der Waals surface area contributed by atoms with Crippen molar-refractivity contribution in [3.63, 3.8) is 0 Å². The molecule has 0 fully saturated rings. The summed E-state index contributed by atoms with van der Waals surface area (Å²) < 4.78 is 10.6. The van der Waals surface area contributed by atoms with Crippen LogP contribution >= 0.6 is 12.2 Å². The van der Waals surface area contributed by atoms with Crippen molar-refractivity contribution in [1.29, 1.82) is 0 Å². The van der Waals surface area contributed by atoms with Crippen LogP contribution in [0.3, 0.4) is 0 Å². The van der Waals surface area contributed by atoms with Crippen LogP contribution in [-0.2, 0) is 9.59 Å². The van der Waals surface area contributed by atoms with Crippen LogP contribution in [-0.4, -0.2) is 23.5 Å². The number of furan rings is 1. The second-order valence-electron chi connectivity index (χ2n) is 5.38.